The van der Waals surface area contributed by atoms with Crippen LogP contribution in [0.15, 0.2) is 12.7 Å². The molecule has 0 aromatic carbocycles. The number of rotatable bonds is 5. The first-order valence-corrected chi connectivity index (χ1v) is 4.54. The number of carbonyl (C=O) groups excluding carboxylic acids is 1. The van der Waals surface area contributed by atoms with Crippen LogP contribution < -0.4 is 16.8 Å². The van der Waals surface area contributed by atoms with Gasteiger partial charge in [0.1, 0.15) is 0 Å². The molecule has 0 unspecified atom stereocenters. The second-order valence-electron chi connectivity index (χ2n) is 2.76. The third kappa shape index (κ3) is 13.7. The summed E-state index contributed by atoms with van der Waals surface area (Å²) < 4.78 is 0. The molecule has 0 aromatic heterocycles. The van der Waals surface area contributed by atoms with Crippen LogP contribution in [-0.4, -0.2) is 51.1 Å². The molecule has 5 heteroatoms. The van der Waals surface area contributed by atoms with Crippen molar-refractivity contribution in [3.05, 3.63) is 12.7 Å². The van der Waals surface area contributed by atoms with Crippen LogP contribution in [0.4, 0.5) is 0 Å². The molecule has 0 radical (unpaired) electrons. The Hall–Kier alpha value is -0.910. The maximum Gasteiger partial charge on any atom is 0.245 e. The minimum Gasteiger partial charge on any atom is -0.345 e. The minimum absolute atomic E-state index is 0.0556. The van der Waals surface area contributed by atoms with Crippen molar-refractivity contribution >= 4 is 5.91 Å². The molecule has 84 valence electrons. The van der Waals surface area contributed by atoms with E-state index in [0.717, 1.165) is 13.1 Å². The highest BCUT2D eigenvalue weighted by Gasteiger charge is 1.91. The molecular formula is C9H22N4O. The van der Waals surface area contributed by atoms with Gasteiger partial charge in [-0.15, -0.1) is 0 Å². The molecule has 0 bridgehead atoms. The molecule has 0 saturated carbocycles. The Morgan fingerprint density at radius 3 is 1.93 bits per heavy atom. The van der Waals surface area contributed by atoms with E-state index in [0.29, 0.717) is 13.1 Å². The molecule has 0 saturated heterocycles. The summed E-state index contributed by atoms with van der Waals surface area (Å²) in [6.07, 6.45) is 1.28. The van der Waals surface area contributed by atoms with Gasteiger partial charge in [0.25, 0.3) is 0 Å². The summed E-state index contributed by atoms with van der Waals surface area (Å²) in [5.41, 5.74) is 10.3. The molecule has 0 aliphatic heterocycles. The zero-order valence-electron chi connectivity index (χ0n) is 9.12. The molecule has 0 aliphatic carbocycles. The molecule has 1 amide bonds. The predicted molar refractivity (Wildman–Crippen MR) is 59.9 cm³/mol. The highest BCUT2D eigenvalue weighted by Crippen LogP contribution is 1.74. The van der Waals surface area contributed by atoms with E-state index >= 15 is 0 Å². The largest absolute Gasteiger partial charge is 0.345 e. The third-order valence-electron chi connectivity index (χ3n) is 1.26. The fourth-order valence-corrected chi connectivity index (χ4v) is 0.512. The Labute approximate surface area is 86.1 Å². The number of amides is 1. The molecule has 0 fully saturated rings. The van der Waals surface area contributed by atoms with Crippen molar-refractivity contribution in [2.75, 3.05) is 40.3 Å². The molecule has 0 heterocycles. The van der Waals surface area contributed by atoms with E-state index in [1.165, 1.54) is 11.0 Å². The summed E-state index contributed by atoms with van der Waals surface area (Å²) in [6.45, 7) is 6.42. The first kappa shape index (κ1) is 15.6. The molecule has 0 aliphatic rings. The number of nitrogens with zero attached hydrogens (tertiary/aromatic N) is 1. The van der Waals surface area contributed by atoms with Crippen molar-refractivity contribution in [2.45, 2.75) is 0 Å². The van der Waals surface area contributed by atoms with Crippen LogP contribution in [0, 0.1) is 0 Å². The number of hydrogen-bond donors (Lipinski definition) is 3. The first-order valence-electron chi connectivity index (χ1n) is 4.54. The Morgan fingerprint density at radius 1 is 1.36 bits per heavy atom. The molecular weight excluding hydrogens is 180 g/mol. The van der Waals surface area contributed by atoms with Gasteiger partial charge in [0, 0.05) is 40.3 Å². The molecule has 0 atom stereocenters. The van der Waals surface area contributed by atoms with Crippen LogP contribution in [0.2, 0.25) is 0 Å². The zero-order chi connectivity index (χ0) is 11.4. The molecule has 5 nitrogen and oxygen atoms in total. The summed E-state index contributed by atoms with van der Waals surface area (Å²) in [7, 11) is 3.37. The average Bonchev–Trinajstić information content (AvgIpc) is 2.18. The zero-order valence-corrected chi connectivity index (χ0v) is 9.12. The van der Waals surface area contributed by atoms with E-state index in [-0.39, 0.29) is 5.91 Å². The van der Waals surface area contributed by atoms with Gasteiger partial charge in [0.05, 0.1) is 0 Å². The van der Waals surface area contributed by atoms with E-state index in [4.69, 9.17) is 11.5 Å². The van der Waals surface area contributed by atoms with E-state index in [1.807, 2.05) is 0 Å². The number of nitrogens with two attached hydrogens (primary N) is 2. The van der Waals surface area contributed by atoms with Crippen molar-refractivity contribution in [1.82, 2.24) is 10.2 Å². The normalized spacial score (nSPS) is 8.57. The summed E-state index contributed by atoms with van der Waals surface area (Å²) >= 11 is 0. The average molecular weight is 202 g/mol. The highest BCUT2D eigenvalue weighted by atomic mass is 16.2. The van der Waals surface area contributed by atoms with E-state index in [1.54, 1.807) is 14.1 Å². The molecule has 14 heavy (non-hydrogen) atoms. The summed E-state index contributed by atoms with van der Waals surface area (Å²) in [6, 6.07) is 0. The van der Waals surface area contributed by atoms with Crippen molar-refractivity contribution in [2.24, 2.45) is 11.5 Å². The van der Waals surface area contributed by atoms with Crippen LogP contribution in [0.5, 0.6) is 0 Å². The van der Waals surface area contributed by atoms with Gasteiger partial charge in [-0.2, -0.15) is 0 Å². The van der Waals surface area contributed by atoms with Crippen molar-refractivity contribution in [1.29, 1.82) is 0 Å². The highest BCUT2D eigenvalue weighted by molar-refractivity contribution is 5.86. The van der Waals surface area contributed by atoms with Crippen LogP contribution in [-0.2, 0) is 4.79 Å². The van der Waals surface area contributed by atoms with Gasteiger partial charge < -0.3 is 21.7 Å². The van der Waals surface area contributed by atoms with Crippen LogP contribution in [0.25, 0.3) is 0 Å². The Kier molecular flexibility index (Phi) is 13.4. The SMILES string of the molecule is C=CC(=O)N(C)C.NCCNCCN. The van der Waals surface area contributed by atoms with Gasteiger partial charge in [-0.1, -0.05) is 6.58 Å². The lowest BCUT2D eigenvalue weighted by Gasteiger charge is -2.03. The topological polar surface area (TPSA) is 84.4 Å². The Morgan fingerprint density at radius 2 is 1.79 bits per heavy atom. The summed E-state index contributed by atoms with van der Waals surface area (Å²) in [5.74, 6) is -0.0556. The van der Waals surface area contributed by atoms with Crippen LogP contribution >= 0.6 is 0 Å². The van der Waals surface area contributed by atoms with Gasteiger partial charge in [0.2, 0.25) is 5.91 Å². The lowest BCUT2D eigenvalue weighted by Crippen LogP contribution is -2.27. The number of nitrogens with one attached hydrogen (secondary N) is 1. The van der Waals surface area contributed by atoms with E-state index in [2.05, 4.69) is 11.9 Å². The third-order valence-corrected chi connectivity index (χ3v) is 1.26. The molecule has 0 spiro atoms. The Balaban J connectivity index is 0. The van der Waals surface area contributed by atoms with Crippen molar-refractivity contribution in [3.8, 4) is 0 Å². The Bertz CT molecular complexity index is 144. The minimum atomic E-state index is -0.0556. The molecule has 0 aromatic rings. The quantitative estimate of drug-likeness (QED) is 0.384. The summed E-state index contributed by atoms with van der Waals surface area (Å²) in [4.78, 5) is 11.8. The molecule has 0 rings (SSSR count). The smallest absolute Gasteiger partial charge is 0.245 e. The van der Waals surface area contributed by atoms with Gasteiger partial charge >= 0.3 is 0 Å². The van der Waals surface area contributed by atoms with E-state index < -0.39 is 0 Å². The number of hydrogen-bond acceptors (Lipinski definition) is 4. The van der Waals surface area contributed by atoms with Crippen LogP contribution in [0.3, 0.4) is 0 Å². The van der Waals surface area contributed by atoms with Crippen molar-refractivity contribution in [3.63, 3.8) is 0 Å². The second kappa shape index (κ2) is 12.1. The lowest BCUT2D eigenvalue weighted by molar-refractivity contribution is -0.123. The van der Waals surface area contributed by atoms with Gasteiger partial charge in [-0.3, -0.25) is 4.79 Å². The van der Waals surface area contributed by atoms with Crippen molar-refractivity contribution < 1.29 is 4.79 Å². The maximum atomic E-state index is 10.3. The van der Waals surface area contributed by atoms with Gasteiger partial charge in [-0.25, -0.2) is 0 Å². The fourth-order valence-electron chi connectivity index (χ4n) is 0.512. The predicted octanol–water partition coefficient (Wildman–Crippen LogP) is -1.25. The standard InChI is InChI=1S/C5H9NO.C4H13N3/c1-4-5(7)6(2)3;5-1-3-7-4-2-6/h4H,1H2,2-3H3;7H,1-6H2. The summed E-state index contributed by atoms with van der Waals surface area (Å²) in [5, 5.41) is 3.03. The second-order valence-corrected chi connectivity index (χ2v) is 2.76. The first-order chi connectivity index (χ1) is 6.59. The maximum absolute atomic E-state index is 10.3. The number of likely N-dealkylation sites (N-methyl/N-ethyl adjacent to an activating group) is 1. The molecule has 5 N–H and O–H groups in total. The van der Waals surface area contributed by atoms with Gasteiger partial charge in [-0.05, 0) is 6.08 Å². The van der Waals surface area contributed by atoms with Crippen LogP contribution in [0.1, 0.15) is 0 Å². The number of carbonyl (C=O) groups is 1. The lowest BCUT2D eigenvalue weighted by atomic mass is 10.5. The fraction of sp³-hybridized carbons (Fsp3) is 0.667. The van der Waals surface area contributed by atoms with E-state index in [9.17, 15) is 4.79 Å². The monoisotopic (exact) mass is 202 g/mol. The van der Waals surface area contributed by atoms with Gasteiger partial charge in [0.15, 0.2) is 0 Å².